The number of hydrogen-bond acceptors (Lipinski definition) is 2. The van der Waals surface area contributed by atoms with Crippen LogP contribution in [0, 0.1) is 0 Å². The van der Waals surface area contributed by atoms with Gasteiger partial charge in [0.05, 0.1) is 18.2 Å². The molecule has 0 radical (unpaired) electrons. The molecule has 4 heteroatoms. The van der Waals surface area contributed by atoms with Crippen LogP contribution in [0.15, 0.2) is 12.1 Å². The summed E-state index contributed by atoms with van der Waals surface area (Å²) < 4.78 is 11.2. The van der Waals surface area contributed by atoms with Crippen LogP contribution in [-0.4, -0.2) is 13.2 Å². The van der Waals surface area contributed by atoms with Gasteiger partial charge in [0.1, 0.15) is 0 Å². The van der Waals surface area contributed by atoms with Crippen molar-refractivity contribution in [3.05, 3.63) is 22.7 Å². The second-order valence-corrected chi connectivity index (χ2v) is 4.93. The van der Waals surface area contributed by atoms with Gasteiger partial charge in [-0.1, -0.05) is 40.9 Å². The van der Waals surface area contributed by atoms with Gasteiger partial charge in [-0.15, -0.1) is 0 Å². The van der Waals surface area contributed by atoms with Crippen LogP contribution in [0.3, 0.4) is 0 Å². The predicted octanol–water partition coefficient (Wildman–Crippen LogP) is 4.81. The molecule has 0 amide bonds. The van der Waals surface area contributed by atoms with E-state index in [0.717, 1.165) is 23.7 Å². The molecule has 0 saturated heterocycles. The van der Waals surface area contributed by atoms with E-state index in [4.69, 9.17) is 21.1 Å². The number of methoxy groups -OCH3 is 1. The third-order valence-electron chi connectivity index (χ3n) is 2.46. The second kappa shape index (κ2) is 7.12. The molecule has 1 atom stereocenters. The fraction of sp³-hybridized carbons (Fsp3) is 0.538. The molecule has 17 heavy (non-hydrogen) atoms. The molecule has 0 spiro atoms. The van der Waals surface area contributed by atoms with Crippen LogP contribution < -0.4 is 9.47 Å². The van der Waals surface area contributed by atoms with Crippen LogP contribution in [-0.2, 0) is 5.33 Å². The van der Waals surface area contributed by atoms with Gasteiger partial charge >= 0.3 is 0 Å². The Morgan fingerprint density at radius 2 is 2.12 bits per heavy atom. The van der Waals surface area contributed by atoms with Gasteiger partial charge in [0.25, 0.3) is 0 Å². The molecule has 0 aliphatic rings. The van der Waals surface area contributed by atoms with E-state index in [2.05, 4.69) is 22.9 Å². The van der Waals surface area contributed by atoms with E-state index >= 15 is 0 Å². The van der Waals surface area contributed by atoms with Gasteiger partial charge in [-0.25, -0.2) is 0 Å². The fourth-order valence-electron chi connectivity index (χ4n) is 1.63. The van der Waals surface area contributed by atoms with Gasteiger partial charge in [0.15, 0.2) is 11.5 Å². The molecular formula is C13H18BrClO2. The third-order valence-corrected chi connectivity index (χ3v) is 3.39. The Balaban J connectivity index is 2.97. The summed E-state index contributed by atoms with van der Waals surface area (Å²) in [7, 11) is 1.63. The minimum absolute atomic E-state index is 0.140. The van der Waals surface area contributed by atoms with Crippen molar-refractivity contribution in [3.63, 3.8) is 0 Å². The van der Waals surface area contributed by atoms with E-state index in [-0.39, 0.29) is 6.10 Å². The summed E-state index contributed by atoms with van der Waals surface area (Å²) in [5.74, 6) is 1.33. The van der Waals surface area contributed by atoms with Gasteiger partial charge in [0.2, 0.25) is 0 Å². The van der Waals surface area contributed by atoms with E-state index in [1.165, 1.54) is 0 Å². The van der Waals surface area contributed by atoms with Crippen LogP contribution >= 0.6 is 27.5 Å². The molecule has 0 bridgehead atoms. The van der Waals surface area contributed by atoms with Gasteiger partial charge in [-0.3, -0.25) is 0 Å². The first-order valence-corrected chi connectivity index (χ1v) is 7.21. The highest BCUT2D eigenvalue weighted by Gasteiger charge is 2.14. The van der Waals surface area contributed by atoms with Crippen LogP contribution in [0.1, 0.15) is 32.3 Å². The lowest BCUT2D eigenvalue weighted by atomic mass is 10.2. The largest absolute Gasteiger partial charge is 0.493 e. The summed E-state index contributed by atoms with van der Waals surface area (Å²) in [4.78, 5) is 0. The van der Waals surface area contributed by atoms with Crippen molar-refractivity contribution < 1.29 is 9.47 Å². The van der Waals surface area contributed by atoms with Crippen molar-refractivity contribution in [2.45, 2.75) is 38.1 Å². The van der Waals surface area contributed by atoms with Crippen LogP contribution in [0.5, 0.6) is 11.5 Å². The van der Waals surface area contributed by atoms with Crippen molar-refractivity contribution in [2.75, 3.05) is 7.11 Å². The van der Waals surface area contributed by atoms with Crippen LogP contribution in [0.25, 0.3) is 0 Å². The zero-order valence-electron chi connectivity index (χ0n) is 10.4. The van der Waals surface area contributed by atoms with Crippen LogP contribution in [0.2, 0.25) is 5.02 Å². The first-order valence-electron chi connectivity index (χ1n) is 5.71. The summed E-state index contributed by atoms with van der Waals surface area (Å²) in [6.07, 6.45) is 2.22. The Morgan fingerprint density at radius 1 is 1.41 bits per heavy atom. The van der Waals surface area contributed by atoms with E-state index in [1.807, 2.05) is 19.1 Å². The monoisotopic (exact) mass is 320 g/mol. The summed E-state index contributed by atoms with van der Waals surface area (Å²) in [5.41, 5.74) is 1.07. The molecule has 1 aromatic rings. The number of alkyl halides is 1. The van der Waals surface area contributed by atoms with Gasteiger partial charge in [-0.2, -0.15) is 0 Å². The Labute approximate surface area is 116 Å². The molecule has 0 aliphatic carbocycles. The van der Waals surface area contributed by atoms with Crippen LogP contribution in [0.4, 0.5) is 0 Å². The maximum Gasteiger partial charge on any atom is 0.180 e. The molecule has 0 aromatic heterocycles. The lowest BCUT2D eigenvalue weighted by molar-refractivity contribution is 0.201. The van der Waals surface area contributed by atoms with Crippen molar-refractivity contribution in [2.24, 2.45) is 0 Å². The zero-order valence-corrected chi connectivity index (χ0v) is 12.8. The molecule has 1 rings (SSSR count). The van der Waals surface area contributed by atoms with E-state index in [0.29, 0.717) is 16.5 Å². The Bertz CT molecular complexity index is 369. The molecule has 0 aliphatic heterocycles. The average Bonchev–Trinajstić information content (AvgIpc) is 2.31. The smallest absolute Gasteiger partial charge is 0.180 e. The van der Waals surface area contributed by atoms with Gasteiger partial charge < -0.3 is 9.47 Å². The summed E-state index contributed by atoms with van der Waals surface area (Å²) >= 11 is 9.61. The Hall–Kier alpha value is -0.410. The van der Waals surface area contributed by atoms with Gasteiger partial charge in [0, 0.05) is 5.33 Å². The normalized spacial score (nSPS) is 12.3. The highest BCUT2D eigenvalue weighted by atomic mass is 79.9. The standard InChI is InChI=1S/C13H18BrClO2/c1-4-5-9(2)17-13-11(15)6-10(8-14)7-12(13)16-3/h6-7,9H,4-5,8H2,1-3H3. The maximum atomic E-state index is 6.21. The van der Waals surface area contributed by atoms with Crippen molar-refractivity contribution >= 4 is 27.5 Å². The quantitative estimate of drug-likeness (QED) is 0.700. The molecule has 0 saturated carbocycles. The molecule has 0 heterocycles. The second-order valence-electron chi connectivity index (χ2n) is 3.96. The van der Waals surface area contributed by atoms with E-state index in [1.54, 1.807) is 7.11 Å². The first-order chi connectivity index (χ1) is 8.12. The molecule has 0 N–H and O–H groups in total. The first kappa shape index (κ1) is 14.7. The SMILES string of the molecule is CCCC(C)Oc1c(Cl)cc(CBr)cc1OC. The lowest BCUT2D eigenvalue weighted by Gasteiger charge is -2.18. The number of ether oxygens (including phenoxy) is 2. The van der Waals surface area contributed by atoms with Crippen molar-refractivity contribution in [1.82, 2.24) is 0 Å². The molecule has 0 fully saturated rings. The van der Waals surface area contributed by atoms with Crippen molar-refractivity contribution in [3.8, 4) is 11.5 Å². The highest BCUT2D eigenvalue weighted by Crippen LogP contribution is 2.37. The minimum atomic E-state index is 0.140. The van der Waals surface area contributed by atoms with Gasteiger partial charge in [-0.05, 0) is 31.0 Å². The van der Waals surface area contributed by atoms with E-state index in [9.17, 15) is 0 Å². The summed E-state index contributed by atoms with van der Waals surface area (Å²) in [6, 6.07) is 3.83. The lowest BCUT2D eigenvalue weighted by Crippen LogP contribution is -2.12. The fourth-order valence-corrected chi connectivity index (χ4v) is 2.23. The Kier molecular flexibility index (Phi) is 6.14. The molecule has 2 nitrogen and oxygen atoms in total. The zero-order chi connectivity index (χ0) is 12.8. The molecule has 96 valence electrons. The number of halogens is 2. The highest BCUT2D eigenvalue weighted by molar-refractivity contribution is 9.08. The summed E-state index contributed by atoms with van der Waals surface area (Å²) in [6.45, 7) is 4.17. The molecular weight excluding hydrogens is 303 g/mol. The number of benzene rings is 1. The number of hydrogen-bond donors (Lipinski definition) is 0. The Morgan fingerprint density at radius 3 is 2.65 bits per heavy atom. The molecule has 1 aromatic carbocycles. The maximum absolute atomic E-state index is 6.21. The predicted molar refractivity (Wildman–Crippen MR) is 75.6 cm³/mol. The number of rotatable bonds is 6. The topological polar surface area (TPSA) is 18.5 Å². The average molecular weight is 322 g/mol. The van der Waals surface area contributed by atoms with E-state index < -0.39 is 0 Å². The third kappa shape index (κ3) is 4.07. The minimum Gasteiger partial charge on any atom is -0.493 e. The summed E-state index contributed by atoms with van der Waals surface area (Å²) in [5, 5.41) is 1.34. The molecule has 1 unspecified atom stereocenters. The van der Waals surface area contributed by atoms with Crippen molar-refractivity contribution in [1.29, 1.82) is 0 Å².